The summed E-state index contributed by atoms with van der Waals surface area (Å²) in [6.07, 6.45) is 2.54. The number of nitrogens with zero attached hydrogens (tertiary/aromatic N) is 3. The number of aliphatic hydroxyl groups excluding tert-OH is 1. The predicted molar refractivity (Wildman–Crippen MR) is 82.9 cm³/mol. The van der Waals surface area contributed by atoms with E-state index in [1.807, 2.05) is 25.3 Å². The first kappa shape index (κ1) is 15.3. The van der Waals surface area contributed by atoms with Crippen LogP contribution in [-0.2, 0) is 13.1 Å². The highest BCUT2D eigenvalue weighted by molar-refractivity contribution is 9.10. The molecule has 0 spiro atoms. The summed E-state index contributed by atoms with van der Waals surface area (Å²) in [6, 6.07) is 3.86. The second kappa shape index (κ2) is 7.06. The van der Waals surface area contributed by atoms with Gasteiger partial charge in [-0.3, -0.25) is 4.68 Å². The van der Waals surface area contributed by atoms with E-state index in [-0.39, 0.29) is 6.61 Å². The Morgan fingerprint density at radius 3 is 3.00 bits per heavy atom. The average Bonchev–Trinajstić information content (AvgIpc) is 2.87. The fourth-order valence-electron chi connectivity index (χ4n) is 1.73. The zero-order valence-corrected chi connectivity index (χ0v) is 13.4. The van der Waals surface area contributed by atoms with E-state index < -0.39 is 0 Å². The molecule has 2 rings (SSSR count). The van der Waals surface area contributed by atoms with Gasteiger partial charge in [-0.05, 0) is 47.0 Å². The summed E-state index contributed by atoms with van der Waals surface area (Å²) in [5, 5.41) is 20.8. The molecule has 0 saturated carbocycles. The van der Waals surface area contributed by atoms with E-state index in [0.29, 0.717) is 19.5 Å². The third-order valence-electron chi connectivity index (χ3n) is 2.84. The second-order valence-corrected chi connectivity index (χ2v) is 5.75. The highest BCUT2D eigenvalue weighted by Crippen LogP contribution is 2.29. The van der Waals surface area contributed by atoms with Crippen molar-refractivity contribution in [1.82, 2.24) is 15.0 Å². The zero-order chi connectivity index (χ0) is 14.5. The molecule has 1 aromatic carbocycles. The number of rotatable bonds is 6. The molecule has 7 heteroatoms. The fourth-order valence-corrected chi connectivity index (χ4v) is 2.49. The molecule has 0 unspecified atom stereocenters. The number of anilines is 1. The molecule has 0 amide bonds. The first-order valence-corrected chi connectivity index (χ1v) is 7.46. The van der Waals surface area contributed by atoms with Crippen LogP contribution in [0.5, 0.6) is 0 Å². The Bertz CT molecular complexity index is 588. The van der Waals surface area contributed by atoms with Crippen molar-refractivity contribution in [2.24, 2.45) is 0 Å². The maximum atomic E-state index is 8.77. The van der Waals surface area contributed by atoms with E-state index in [0.717, 1.165) is 26.4 Å². The van der Waals surface area contributed by atoms with Crippen LogP contribution < -0.4 is 5.32 Å². The molecule has 0 bridgehead atoms. The molecule has 1 aromatic heterocycles. The number of nitrogens with one attached hydrogen (secondary N) is 1. The van der Waals surface area contributed by atoms with Crippen molar-refractivity contribution in [3.05, 3.63) is 39.1 Å². The van der Waals surface area contributed by atoms with Crippen molar-refractivity contribution in [2.45, 2.75) is 26.4 Å². The molecular weight excluding hydrogens is 344 g/mol. The largest absolute Gasteiger partial charge is 0.396 e. The summed E-state index contributed by atoms with van der Waals surface area (Å²) in [5.74, 6) is 0. The first-order valence-electron chi connectivity index (χ1n) is 6.29. The van der Waals surface area contributed by atoms with Gasteiger partial charge in [-0.25, -0.2) is 0 Å². The smallest absolute Gasteiger partial charge is 0.102 e. The molecule has 0 saturated heterocycles. The summed E-state index contributed by atoms with van der Waals surface area (Å²) in [6.45, 7) is 3.35. The molecule has 1 heterocycles. The second-order valence-electron chi connectivity index (χ2n) is 4.48. The molecule has 5 nitrogen and oxygen atoms in total. The van der Waals surface area contributed by atoms with Gasteiger partial charge >= 0.3 is 0 Å². The minimum atomic E-state index is 0.155. The predicted octanol–water partition coefficient (Wildman–Crippen LogP) is 3.00. The van der Waals surface area contributed by atoms with Crippen LogP contribution in [-0.4, -0.2) is 26.7 Å². The van der Waals surface area contributed by atoms with E-state index in [4.69, 9.17) is 16.7 Å². The van der Waals surface area contributed by atoms with Crippen molar-refractivity contribution in [3.8, 4) is 0 Å². The molecule has 0 radical (unpaired) electrons. The van der Waals surface area contributed by atoms with Crippen LogP contribution in [0.3, 0.4) is 0 Å². The summed E-state index contributed by atoms with van der Waals surface area (Å²) in [4.78, 5) is 0. The van der Waals surface area contributed by atoms with Crippen LogP contribution in [0.25, 0.3) is 0 Å². The third kappa shape index (κ3) is 3.94. The Balaban J connectivity index is 1.98. The molecular formula is C13H16BrClN4O. The minimum absolute atomic E-state index is 0.155. The summed E-state index contributed by atoms with van der Waals surface area (Å²) in [7, 11) is 0. The molecule has 0 aliphatic rings. The van der Waals surface area contributed by atoms with Crippen molar-refractivity contribution in [3.63, 3.8) is 0 Å². The van der Waals surface area contributed by atoms with Crippen LogP contribution in [0, 0.1) is 6.92 Å². The molecule has 2 aromatic rings. The number of aliphatic hydroxyl groups is 1. The Kier molecular flexibility index (Phi) is 5.39. The van der Waals surface area contributed by atoms with Crippen LogP contribution >= 0.6 is 27.5 Å². The van der Waals surface area contributed by atoms with Crippen molar-refractivity contribution < 1.29 is 5.11 Å². The van der Waals surface area contributed by atoms with Gasteiger partial charge in [0.05, 0.1) is 18.4 Å². The van der Waals surface area contributed by atoms with Gasteiger partial charge in [0, 0.05) is 22.6 Å². The number of halogens is 2. The molecule has 20 heavy (non-hydrogen) atoms. The van der Waals surface area contributed by atoms with Crippen molar-refractivity contribution >= 4 is 33.2 Å². The zero-order valence-electron chi connectivity index (χ0n) is 11.1. The standard InChI is InChI=1S/C13H16BrClN4O/c1-9-5-11(14)13(6-12(9)15)16-7-10-8-19(18-17-10)3-2-4-20/h5-6,8,16,20H,2-4,7H2,1H3. The lowest BCUT2D eigenvalue weighted by atomic mass is 10.2. The fraction of sp³-hybridized carbons (Fsp3) is 0.385. The lowest BCUT2D eigenvalue weighted by Crippen LogP contribution is -2.01. The maximum absolute atomic E-state index is 8.77. The first-order chi connectivity index (χ1) is 9.60. The molecule has 0 aliphatic carbocycles. The molecule has 108 valence electrons. The van der Waals surface area contributed by atoms with E-state index in [2.05, 4.69) is 31.6 Å². The number of aromatic nitrogens is 3. The van der Waals surface area contributed by atoms with Crippen LogP contribution in [0.15, 0.2) is 22.8 Å². The number of aryl methyl sites for hydroxylation is 2. The quantitative estimate of drug-likeness (QED) is 0.832. The Morgan fingerprint density at radius 2 is 2.25 bits per heavy atom. The lowest BCUT2D eigenvalue weighted by molar-refractivity contribution is 0.276. The van der Waals surface area contributed by atoms with Gasteiger partial charge in [-0.15, -0.1) is 5.10 Å². The third-order valence-corrected chi connectivity index (χ3v) is 3.90. The minimum Gasteiger partial charge on any atom is -0.396 e. The normalized spacial score (nSPS) is 10.8. The van der Waals surface area contributed by atoms with E-state index in [1.165, 1.54) is 0 Å². The highest BCUT2D eigenvalue weighted by Gasteiger charge is 2.06. The van der Waals surface area contributed by atoms with Crippen LogP contribution in [0.4, 0.5) is 5.69 Å². The van der Waals surface area contributed by atoms with Crippen LogP contribution in [0.2, 0.25) is 5.02 Å². The Hall–Kier alpha value is -1.11. The monoisotopic (exact) mass is 358 g/mol. The van der Waals surface area contributed by atoms with E-state index >= 15 is 0 Å². The van der Waals surface area contributed by atoms with Crippen molar-refractivity contribution in [2.75, 3.05) is 11.9 Å². The summed E-state index contributed by atoms with van der Waals surface area (Å²) in [5.41, 5.74) is 2.79. The van der Waals surface area contributed by atoms with Gasteiger partial charge in [0.2, 0.25) is 0 Å². The average molecular weight is 360 g/mol. The Labute approximate surface area is 131 Å². The number of benzene rings is 1. The van der Waals surface area contributed by atoms with Crippen LogP contribution in [0.1, 0.15) is 17.7 Å². The number of hydrogen-bond donors (Lipinski definition) is 2. The van der Waals surface area contributed by atoms with Gasteiger partial charge in [-0.2, -0.15) is 0 Å². The van der Waals surface area contributed by atoms with Gasteiger partial charge in [0.15, 0.2) is 0 Å². The molecule has 0 atom stereocenters. The highest BCUT2D eigenvalue weighted by atomic mass is 79.9. The van der Waals surface area contributed by atoms with Crippen molar-refractivity contribution in [1.29, 1.82) is 0 Å². The van der Waals surface area contributed by atoms with Gasteiger partial charge in [0.25, 0.3) is 0 Å². The summed E-state index contributed by atoms with van der Waals surface area (Å²) >= 11 is 9.62. The summed E-state index contributed by atoms with van der Waals surface area (Å²) < 4.78 is 2.69. The van der Waals surface area contributed by atoms with Gasteiger partial charge < -0.3 is 10.4 Å². The number of hydrogen-bond acceptors (Lipinski definition) is 4. The SMILES string of the molecule is Cc1cc(Br)c(NCc2cn(CCCO)nn2)cc1Cl. The molecule has 2 N–H and O–H groups in total. The lowest BCUT2D eigenvalue weighted by Gasteiger charge is -2.09. The van der Waals surface area contributed by atoms with E-state index in [9.17, 15) is 0 Å². The van der Waals surface area contributed by atoms with E-state index in [1.54, 1.807) is 4.68 Å². The Morgan fingerprint density at radius 1 is 1.45 bits per heavy atom. The molecule has 0 fully saturated rings. The van der Waals surface area contributed by atoms with Gasteiger partial charge in [-0.1, -0.05) is 16.8 Å². The van der Waals surface area contributed by atoms with Gasteiger partial charge in [0.1, 0.15) is 5.69 Å². The topological polar surface area (TPSA) is 63.0 Å². The molecule has 0 aliphatic heterocycles. The maximum Gasteiger partial charge on any atom is 0.102 e.